The molecule has 5 nitrogen and oxygen atoms in total. The van der Waals surface area contributed by atoms with Crippen molar-refractivity contribution < 1.29 is 8.42 Å². The molecular weight excluding hydrogens is 370 g/mol. The van der Waals surface area contributed by atoms with Gasteiger partial charge in [-0.2, -0.15) is 0 Å². The van der Waals surface area contributed by atoms with Crippen molar-refractivity contribution in [3.63, 3.8) is 0 Å². The topological polar surface area (TPSA) is 64.8 Å². The quantitative estimate of drug-likeness (QED) is 0.495. The van der Waals surface area contributed by atoms with E-state index in [1.54, 1.807) is 61.1 Å². The first-order valence-electron chi connectivity index (χ1n) is 7.87. The molecule has 0 saturated carbocycles. The number of hydrogen-bond donors (Lipinski definition) is 0. The first-order valence-corrected chi connectivity index (χ1v) is 9.69. The highest BCUT2D eigenvalue weighted by Gasteiger charge is 2.22. The number of fused-ring (bicyclic) bond motifs is 1. The average molecular weight is 384 g/mol. The van der Waals surface area contributed by atoms with Crippen molar-refractivity contribution in [3.05, 3.63) is 77.8 Å². The van der Waals surface area contributed by atoms with E-state index in [9.17, 15) is 8.42 Å². The molecule has 1 aromatic carbocycles. The molecule has 0 unspecified atom stereocenters. The first kappa shape index (κ1) is 16.8. The lowest BCUT2D eigenvalue weighted by molar-refractivity contribution is 0.589. The second-order valence-corrected chi connectivity index (χ2v) is 8.10. The highest BCUT2D eigenvalue weighted by atomic mass is 35.5. The zero-order valence-corrected chi connectivity index (χ0v) is 15.4. The normalized spacial score (nSPS) is 11.8. The lowest BCUT2D eigenvalue weighted by atomic mass is 10.1. The summed E-state index contributed by atoms with van der Waals surface area (Å²) in [6.07, 6.45) is 4.75. The van der Waals surface area contributed by atoms with Crippen molar-refractivity contribution in [3.8, 4) is 11.1 Å². The van der Waals surface area contributed by atoms with E-state index in [2.05, 4.69) is 9.97 Å². The summed E-state index contributed by atoms with van der Waals surface area (Å²) < 4.78 is 27.5. The third-order valence-corrected chi connectivity index (χ3v) is 6.02. The predicted octanol–water partition coefficient (Wildman–Crippen LogP) is 4.30. The van der Waals surface area contributed by atoms with Crippen molar-refractivity contribution in [1.29, 1.82) is 0 Å². The van der Waals surface area contributed by atoms with Crippen LogP contribution in [0.1, 0.15) is 5.56 Å². The van der Waals surface area contributed by atoms with Crippen LogP contribution in [-0.2, 0) is 10.0 Å². The second-order valence-electron chi connectivity index (χ2n) is 5.90. The van der Waals surface area contributed by atoms with E-state index in [4.69, 9.17) is 11.6 Å². The van der Waals surface area contributed by atoms with Crippen molar-refractivity contribution in [2.75, 3.05) is 0 Å². The third kappa shape index (κ3) is 2.77. The number of halogens is 1. The van der Waals surface area contributed by atoms with Crippen LogP contribution < -0.4 is 0 Å². The van der Waals surface area contributed by atoms with Crippen LogP contribution in [0.25, 0.3) is 22.2 Å². The van der Waals surface area contributed by atoms with E-state index in [-0.39, 0.29) is 4.90 Å². The molecule has 0 radical (unpaired) electrons. The monoisotopic (exact) mass is 383 g/mol. The summed E-state index contributed by atoms with van der Waals surface area (Å²) in [5.74, 6) is 0. The molecule has 0 aliphatic carbocycles. The molecule has 0 N–H and O–H groups in total. The Bertz CT molecular complexity index is 1220. The Morgan fingerprint density at radius 2 is 1.77 bits per heavy atom. The summed E-state index contributed by atoms with van der Waals surface area (Å²) in [6.45, 7) is 1.91. The summed E-state index contributed by atoms with van der Waals surface area (Å²) in [7, 11) is -3.77. The summed E-state index contributed by atoms with van der Waals surface area (Å²) in [4.78, 5) is 8.49. The Morgan fingerprint density at radius 3 is 2.50 bits per heavy atom. The molecule has 0 aliphatic heterocycles. The maximum atomic E-state index is 13.2. The van der Waals surface area contributed by atoms with Gasteiger partial charge in [0.15, 0.2) is 5.65 Å². The number of pyridine rings is 2. The van der Waals surface area contributed by atoms with Crippen LogP contribution in [0.3, 0.4) is 0 Å². The highest BCUT2D eigenvalue weighted by molar-refractivity contribution is 7.90. The van der Waals surface area contributed by atoms with Gasteiger partial charge >= 0.3 is 0 Å². The summed E-state index contributed by atoms with van der Waals surface area (Å²) in [5.41, 5.74) is 2.87. The van der Waals surface area contributed by atoms with Gasteiger partial charge in [0, 0.05) is 29.5 Å². The van der Waals surface area contributed by atoms with E-state index >= 15 is 0 Å². The van der Waals surface area contributed by atoms with Gasteiger partial charge in [-0.15, -0.1) is 0 Å². The molecule has 4 aromatic rings. The minimum Gasteiger partial charge on any atom is -0.245 e. The molecule has 0 fully saturated rings. The highest BCUT2D eigenvalue weighted by Crippen LogP contribution is 2.32. The van der Waals surface area contributed by atoms with Gasteiger partial charge in [-0.3, -0.25) is 0 Å². The molecule has 3 aromatic heterocycles. The lowest BCUT2D eigenvalue weighted by Crippen LogP contribution is -2.12. The minimum atomic E-state index is -3.77. The fraction of sp³-hybridized carbons (Fsp3) is 0.0526. The molecule has 0 bridgehead atoms. The van der Waals surface area contributed by atoms with Crippen LogP contribution in [0, 0.1) is 6.92 Å². The molecule has 0 saturated heterocycles. The zero-order chi connectivity index (χ0) is 18.3. The van der Waals surface area contributed by atoms with Crippen molar-refractivity contribution >= 4 is 32.7 Å². The maximum absolute atomic E-state index is 13.2. The molecule has 0 aliphatic rings. The van der Waals surface area contributed by atoms with Gasteiger partial charge in [-0.05, 0) is 48.9 Å². The molecule has 0 spiro atoms. The number of benzene rings is 1. The van der Waals surface area contributed by atoms with Crippen molar-refractivity contribution in [2.45, 2.75) is 11.8 Å². The Morgan fingerprint density at radius 1 is 1.00 bits per heavy atom. The van der Waals surface area contributed by atoms with Gasteiger partial charge in [0.2, 0.25) is 0 Å². The van der Waals surface area contributed by atoms with E-state index in [1.165, 1.54) is 3.97 Å². The average Bonchev–Trinajstić information content (AvgIpc) is 3.03. The fourth-order valence-electron chi connectivity index (χ4n) is 2.84. The van der Waals surface area contributed by atoms with Crippen LogP contribution in [0.15, 0.2) is 72.0 Å². The molecule has 0 amide bonds. The molecule has 0 atom stereocenters. The van der Waals surface area contributed by atoms with E-state index in [0.29, 0.717) is 10.8 Å². The van der Waals surface area contributed by atoms with Gasteiger partial charge in [-0.1, -0.05) is 29.3 Å². The van der Waals surface area contributed by atoms with Gasteiger partial charge in [0.1, 0.15) is 5.15 Å². The standard InChI is InChI=1S/C19H14ClN3O2S/c1-13-4-6-15(7-5-13)26(24,25)23-12-17(14-8-10-21-18(20)11-14)16-3-2-9-22-19(16)23/h2-12H,1H3. The van der Waals surface area contributed by atoms with Crippen LogP contribution in [0.2, 0.25) is 5.15 Å². The Hall–Kier alpha value is -2.70. The largest absolute Gasteiger partial charge is 0.269 e. The molecule has 4 rings (SSSR count). The Kier molecular flexibility index (Phi) is 4.01. The van der Waals surface area contributed by atoms with E-state index < -0.39 is 10.0 Å². The smallest absolute Gasteiger partial charge is 0.245 e. The Balaban J connectivity index is 1.98. The number of aryl methyl sites for hydroxylation is 1. The van der Waals surface area contributed by atoms with Crippen LogP contribution >= 0.6 is 11.6 Å². The van der Waals surface area contributed by atoms with E-state index in [0.717, 1.165) is 22.1 Å². The predicted molar refractivity (Wildman–Crippen MR) is 102 cm³/mol. The van der Waals surface area contributed by atoms with Crippen molar-refractivity contribution in [1.82, 2.24) is 13.9 Å². The summed E-state index contributed by atoms with van der Waals surface area (Å²) in [5, 5.41) is 1.07. The molecular formula is C19H14ClN3O2S. The maximum Gasteiger partial charge on any atom is 0.269 e. The number of rotatable bonds is 3. The van der Waals surface area contributed by atoms with Gasteiger partial charge < -0.3 is 0 Å². The van der Waals surface area contributed by atoms with Crippen LogP contribution in [-0.4, -0.2) is 22.4 Å². The summed E-state index contributed by atoms with van der Waals surface area (Å²) >= 11 is 6.00. The summed E-state index contributed by atoms with van der Waals surface area (Å²) in [6, 6.07) is 13.9. The second kappa shape index (κ2) is 6.23. The molecule has 7 heteroatoms. The van der Waals surface area contributed by atoms with Gasteiger partial charge in [0.25, 0.3) is 10.0 Å². The van der Waals surface area contributed by atoms with E-state index in [1.807, 2.05) is 13.0 Å². The van der Waals surface area contributed by atoms with Gasteiger partial charge in [-0.25, -0.2) is 22.4 Å². The number of aromatic nitrogens is 3. The molecule has 26 heavy (non-hydrogen) atoms. The molecule has 3 heterocycles. The van der Waals surface area contributed by atoms with Crippen LogP contribution in [0.5, 0.6) is 0 Å². The lowest BCUT2D eigenvalue weighted by Gasteiger charge is -2.07. The zero-order valence-electron chi connectivity index (χ0n) is 13.8. The molecule has 130 valence electrons. The number of hydrogen-bond acceptors (Lipinski definition) is 4. The SMILES string of the molecule is Cc1ccc(S(=O)(=O)n2cc(-c3ccnc(Cl)c3)c3cccnc32)cc1. The fourth-order valence-corrected chi connectivity index (χ4v) is 4.34. The van der Waals surface area contributed by atoms with Gasteiger partial charge in [0.05, 0.1) is 4.90 Å². The minimum absolute atomic E-state index is 0.213. The third-order valence-electron chi connectivity index (χ3n) is 4.15. The Labute approximate surface area is 156 Å². The first-order chi connectivity index (χ1) is 12.5. The number of nitrogens with zero attached hydrogens (tertiary/aromatic N) is 3. The van der Waals surface area contributed by atoms with Crippen LogP contribution in [0.4, 0.5) is 0 Å². The van der Waals surface area contributed by atoms with Crippen molar-refractivity contribution in [2.24, 2.45) is 0 Å².